The minimum Gasteiger partial charge on any atom is -0.369 e. The maximum absolute atomic E-state index is 10.9. The Balaban J connectivity index is 2.67. The molecule has 1 aromatic heterocycles. The van der Waals surface area contributed by atoms with Gasteiger partial charge < -0.3 is 5.73 Å². The number of amides is 1. The lowest BCUT2D eigenvalue weighted by Crippen LogP contribution is -2.37. The maximum atomic E-state index is 10.9. The Morgan fingerprint density at radius 3 is 2.73 bits per heavy atom. The molecule has 0 spiro atoms. The van der Waals surface area contributed by atoms with Gasteiger partial charge in [-0.3, -0.25) is 9.69 Å². The van der Waals surface area contributed by atoms with Gasteiger partial charge in [-0.1, -0.05) is 0 Å². The second-order valence-electron chi connectivity index (χ2n) is 3.66. The first-order valence-electron chi connectivity index (χ1n) is 4.75. The number of nitrogens with zero attached hydrogens (tertiary/aromatic N) is 1. The standard InChI is InChI=1S/C10H15BrN2OS/c1-7(2)13(6-10(12)14)5-9-8(11)3-4-15-9/h3-4,7H,5-6H2,1-2H3,(H2,12,14). The van der Waals surface area contributed by atoms with Crippen LogP contribution in [-0.4, -0.2) is 23.4 Å². The van der Waals surface area contributed by atoms with Gasteiger partial charge in [-0.25, -0.2) is 0 Å². The van der Waals surface area contributed by atoms with E-state index in [4.69, 9.17) is 5.73 Å². The number of primary amides is 1. The minimum atomic E-state index is -0.281. The molecule has 3 nitrogen and oxygen atoms in total. The molecule has 0 fully saturated rings. The fourth-order valence-electron chi connectivity index (χ4n) is 1.24. The van der Waals surface area contributed by atoms with E-state index in [-0.39, 0.29) is 5.91 Å². The van der Waals surface area contributed by atoms with Gasteiger partial charge in [0.25, 0.3) is 0 Å². The Morgan fingerprint density at radius 1 is 1.67 bits per heavy atom. The summed E-state index contributed by atoms with van der Waals surface area (Å²) in [5.41, 5.74) is 5.21. The van der Waals surface area contributed by atoms with Crippen LogP contribution in [0.3, 0.4) is 0 Å². The summed E-state index contributed by atoms with van der Waals surface area (Å²) in [6.45, 7) is 5.19. The number of hydrogen-bond acceptors (Lipinski definition) is 3. The Morgan fingerprint density at radius 2 is 2.33 bits per heavy atom. The molecule has 0 aromatic carbocycles. The fraction of sp³-hybridized carbons (Fsp3) is 0.500. The molecule has 0 bridgehead atoms. The summed E-state index contributed by atoms with van der Waals surface area (Å²) in [5.74, 6) is -0.281. The molecule has 84 valence electrons. The third kappa shape index (κ3) is 3.93. The summed E-state index contributed by atoms with van der Waals surface area (Å²) in [6, 6.07) is 2.33. The van der Waals surface area contributed by atoms with E-state index in [9.17, 15) is 4.79 Å². The molecule has 0 saturated carbocycles. The zero-order valence-electron chi connectivity index (χ0n) is 8.87. The van der Waals surface area contributed by atoms with Crippen molar-refractivity contribution in [3.63, 3.8) is 0 Å². The van der Waals surface area contributed by atoms with Gasteiger partial charge in [0.15, 0.2) is 0 Å². The average Bonchev–Trinajstić information content (AvgIpc) is 2.50. The Bertz CT molecular complexity index is 338. The highest BCUT2D eigenvalue weighted by Crippen LogP contribution is 2.24. The Hall–Kier alpha value is -0.390. The van der Waals surface area contributed by atoms with Crippen LogP contribution in [0.2, 0.25) is 0 Å². The van der Waals surface area contributed by atoms with Crippen LogP contribution in [0.4, 0.5) is 0 Å². The van der Waals surface area contributed by atoms with Crippen LogP contribution in [0.5, 0.6) is 0 Å². The lowest BCUT2D eigenvalue weighted by molar-refractivity contribution is -0.119. The SMILES string of the molecule is CC(C)N(CC(N)=O)Cc1sccc1Br. The predicted molar refractivity (Wildman–Crippen MR) is 66.8 cm³/mol. The molecule has 0 unspecified atom stereocenters. The van der Waals surface area contributed by atoms with E-state index in [0.717, 1.165) is 11.0 Å². The molecule has 0 aliphatic carbocycles. The molecule has 0 atom stereocenters. The molecular formula is C10H15BrN2OS. The van der Waals surface area contributed by atoms with Crippen molar-refractivity contribution in [3.8, 4) is 0 Å². The van der Waals surface area contributed by atoms with Gasteiger partial charge in [0.1, 0.15) is 0 Å². The lowest BCUT2D eigenvalue weighted by Gasteiger charge is -2.24. The van der Waals surface area contributed by atoms with Crippen molar-refractivity contribution >= 4 is 33.2 Å². The summed E-state index contributed by atoms with van der Waals surface area (Å²) >= 11 is 5.16. The van der Waals surface area contributed by atoms with E-state index in [1.165, 1.54) is 4.88 Å². The van der Waals surface area contributed by atoms with Crippen molar-refractivity contribution in [2.75, 3.05) is 6.54 Å². The molecule has 1 heterocycles. The number of nitrogens with two attached hydrogens (primary N) is 1. The Labute approximate surface area is 102 Å². The van der Waals surface area contributed by atoms with Crippen LogP contribution in [0.1, 0.15) is 18.7 Å². The normalized spacial score (nSPS) is 11.3. The second-order valence-corrected chi connectivity index (χ2v) is 5.51. The van der Waals surface area contributed by atoms with Crippen LogP contribution in [0.25, 0.3) is 0 Å². The van der Waals surface area contributed by atoms with Crippen molar-refractivity contribution < 1.29 is 4.79 Å². The highest BCUT2D eigenvalue weighted by molar-refractivity contribution is 9.10. The summed E-state index contributed by atoms with van der Waals surface area (Å²) in [6.07, 6.45) is 0. The highest BCUT2D eigenvalue weighted by atomic mass is 79.9. The van der Waals surface area contributed by atoms with E-state index in [1.807, 2.05) is 11.4 Å². The number of hydrogen-bond donors (Lipinski definition) is 1. The number of halogens is 1. The average molecular weight is 291 g/mol. The van der Waals surface area contributed by atoms with E-state index in [2.05, 4.69) is 34.7 Å². The molecule has 2 N–H and O–H groups in total. The monoisotopic (exact) mass is 290 g/mol. The third-order valence-electron chi connectivity index (χ3n) is 2.13. The third-order valence-corrected chi connectivity index (χ3v) is 4.04. The molecule has 1 aromatic rings. The first-order chi connectivity index (χ1) is 7.00. The Kier molecular flexibility index (Phi) is 4.76. The van der Waals surface area contributed by atoms with E-state index < -0.39 is 0 Å². The van der Waals surface area contributed by atoms with Gasteiger partial charge in [-0.05, 0) is 41.2 Å². The van der Waals surface area contributed by atoms with E-state index in [0.29, 0.717) is 12.6 Å². The number of carbonyl (C=O) groups is 1. The summed E-state index contributed by atoms with van der Waals surface area (Å²) in [4.78, 5) is 14.2. The maximum Gasteiger partial charge on any atom is 0.231 e. The van der Waals surface area contributed by atoms with Gasteiger partial charge in [0, 0.05) is 21.9 Å². The summed E-state index contributed by atoms with van der Waals surface area (Å²) in [5, 5.41) is 2.03. The van der Waals surface area contributed by atoms with Crippen molar-refractivity contribution in [1.82, 2.24) is 4.90 Å². The van der Waals surface area contributed by atoms with Crippen LogP contribution >= 0.6 is 27.3 Å². The topological polar surface area (TPSA) is 46.3 Å². The molecule has 1 rings (SSSR count). The summed E-state index contributed by atoms with van der Waals surface area (Å²) < 4.78 is 1.10. The van der Waals surface area contributed by atoms with Crippen LogP contribution in [-0.2, 0) is 11.3 Å². The van der Waals surface area contributed by atoms with Crippen molar-refractivity contribution in [2.24, 2.45) is 5.73 Å². The second kappa shape index (κ2) is 5.63. The quantitative estimate of drug-likeness (QED) is 0.904. The molecule has 1 amide bonds. The van der Waals surface area contributed by atoms with Gasteiger partial charge >= 0.3 is 0 Å². The van der Waals surface area contributed by atoms with Crippen molar-refractivity contribution in [2.45, 2.75) is 26.4 Å². The minimum absolute atomic E-state index is 0.281. The molecule has 15 heavy (non-hydrogen) atoms. The van der Waals surface area contributed by atoms with Gasteiger partial charge in [0.2, 0.25) is 5.91 Å². The van der Waals surface area contributed by atoms with E-state index in [1.54, 1.807) is 11.3 Å². The molecule has 0 radical (unpaired) electrons. The van der Waals surface area contributed by atoms with Crippen molar-refractivity contribution in [3.05, 3.63) is 20.8 Å². The zero-order chi connectivity index (χ0) is 11.4. The number of rotatable bonds is 5. The highest BCUT2D eigenvalue weighted by Gasteiger charge is 2.14. The van der Waals surface area contributed by atoms with Crippen LogP contribution in [0, 0.1) is 0 Å². The van der Waals surface area contributed by atoms with Crippen LogP contribution in [0.15, 0.2) is 15.9 Å². The van der Waals surface area contributed by atoms with E-state index >= 15 is 0 Å². The zero-order valence-corrected chi connectivity index (χ0v) is 11.3. The van der Waals surface area contributed by atoms with Gasteiger partial charge in [-0.2, -0.15) is 0 Å². The molecule has 0 saturated heterocycles. The van der Waals surface area contributed by atoms with Gasteiger partial charge in [0.05, 0.1) is 6.54 Å². The molecule has 0 aliphatic heterocycles. The molecule has 5 heteroatoms. The first kappa shape index (κ1) is 12.7. The number of thiophene rings is 1. The van der Waals surface area contributed by atoms with Crippen molar-refractivity contribution in [1.29, 1.82) is 0 Å². The lowest BCUT2D eigenvalue weighted by atomic mass is 10.3. The number of carbonyl (C=O) groups excluding carboxylic acids is 1. The molecular weight excluding hydrogens is 276 g/mol. The predicted octanol–water partition coefficient (Wildman–Crippen LogP) is 2.21. The van der Waals surface area contributed by atoms with Gasteiger partial charge in [-0.15, -0.1) is 11.3 Å². The largest absolute Gasteiger partial charge is 0.369 e. The fourth-order valence-corrected chi connectivity index (χ4v) is 2.75. The first-order valence-corrected chi connectivity index (χ1v) is 6.42. The summed E-state index contributed by atoms with van der Waals surface area (Å²) in [7, 11) is 0. The smallest absolute Gasteiger partial charge is 0.231 e. The van der Waals surface area contributed by atoms with Crippen LogP contribution < -0.4 is 5.73 Å². The molecule has 0 aliphatic rings.